The first-order valence-electron chi connectivity index (χ1n) is 11.9. The molecule has 0 saturated carbocycles. The number of piperazine rings is 1. The van der Waals surface area contributed by atoms with Crippen LogP contribution in [0.1, 0.15) is 25.1 Å². The minimum absolute atomic E-state index is 0.0161. The van der Waals surface area contributed by atoms with Gasteiger partial charge in [0, 0.05) is 48.6 Å². The minimum atomic E-state index is -3.63. The first-order chi connectivity index (χ1) is 17.6. The van der Waals surface area contributed by atoms with E-state index in [1.807, 2.05) is 18.2 Å². The van der Waals surface area contributed by atoms with Crippen molar-refractivity contribution in [2.45, 2.75) is 37.4 Å². The third-order valence-corrected chi connectivity index (χ3v) is 9.12. The van der Waals surface area contributed by atoms with E-state index in [-0.39, 0.29) is 28.1 Å². The van der Waals surface area contributed by atoms with Crippen LogP contribution >= 0.6 is 15.9 Å². The standard InChI is InChI=1S/C26H27BrN6O3S/c1-17-14-32(25-22-11-19(27)9-10-24(22)30(3)26(34)23(25)12-28)18(2)13-31(17)15-20-16-33(29-20)37(35,36)21-7-5-4-6-8-21/h4-11,16-18,29H,13-15H2,1-3H3/t17-,18+/m1/s1. The predicted molar refractivity (Wildman–Crippen MR) is 146 cm³/mol. The lowest BCUT2D eigenvalue weighted by molar-refractivity contribution is 0.154. The lowest BCUT2D eigenvalue weighted by Gasteiger charge is -2.46. The van der Waals surface area contributed by atoms with Gasteiger partial charge in [0.2, 0.25) is 0 Å². The zero-order valence-corrected chi connectivity index (χ0v) is 23.1. The fraction of sp³-hybridized carbons (Fsp3) is 0.308. The summed E-state index contributed by atoms with van der Waals surface area (Å²) in [5.74, 6) is 0. The number of anilines is 1. The van der Waals surface area contributed by atoms with Crippen LogP contribution in [0.25, 0.3) is 10.9 Å². The molecule has 1 N–H and O–H groups in total. The van der Waals surface area contributed by atoms with Crippen LogP contribution in [0.4, 0.5) is 5.69 Å². The molecule has 1 fully saturated rings. The number of nitriles is 1. The van der Waals surface area contributed by atoms with E-state index >= 15 is 0 Å². The molecule has 0 aliphatic carbocycles. The van der Waals surface area contributed by atoms with Gasteiger partial charge < -0.3 is 9.47 Å². The first-order valence-corrected chi connectivity index (χ1v) is 14.1. The monoisotopic (exact) mass is 582 g/mol. The van der Waals surface area contributed by atoms with E-state index in [9.17, 15) is 18.5 Å². The van der Waals surface area contributed by atoms with E-state index in [0.29, 0.717) is 25.3 Å². The Bertz CT molecular complexity index is 1670. The van der Waals surface area contributed by atoms with E-state index in [1.165, 1.54) is 4.57 Å². The summed E-state index contributed by atoms with van der Waals surface area (Å²) in [5, 5.41) is 13.8. The number of H-pyrrole nitrogens is 1. The number of fused-ring (bicyclic) bond motifs is 1. The number of hydrogen-bond donors (Lipinski definition) is 1. The van der Waals surface area contributed by atoms with E-state index in [0.717, 1.165) is 25.2 Å². The van der Waals surface area contributed by atoms with E-state index < -0.39 is 10.0 Å². The Morgan fingerprint density at radius 1 is 1.11 bits per heavy atom. The SMILES string of the molecule is C[C@@H]1CN(c2c(C#N)c(=O)n(C)c3ccc(Br)cc23)[C@@H](C)CN1Cc1cn(S(=O)(=O)c2ccccc2)[nH]1. The van der Waals surface area contributed by atoms with Crippen molar-refractivity contribution in [1.82, 2.24) is 18.7 Å². The molecule has 1 aliphatic heterocycles. The van der Waals surface area contributed by atoms with Gasteiger partial charge in [-0.3, -0.25) is 14.8 Å². The average Bonchev–Trinajstić information content (AvgIpc) is 2.85. The van der Waals surface area contributed by atoms with Crippen LogP contribution in [0.5, 0.6) is 0 Å². The number of aromatic nitrogens is 3. The van der Waals surface area contributed by atoms with Crippen LogP contribution in [-0.4, -0.2) is 52.2 Å². The summed E-state index contributed by atoms with van der Waals surface area (Å²) in [4.78, 5) is 17.7. The van der Waals surface area contributed by atoms with Gasteiger partial charge in [0.1, 0.15) is 11.6 Å². The lowest BCUT2D eigenvalue weighted by Crippen LogP contribution is -2.56. The minimum Gasteiger partial charge on any atom is -0.364 e. The third-order valence-electron chi connectivity index (χ3n) is 7.04. The Labute approximate surface area is 223 Å². The number of nitrogens with one attached hydrogen (secondary N) is 1. The largest absolute Gasteiger partial charge is 0.364 e. The number of pyridine rings is 1. The number of nitrogens with zero attached hydrogens (tertiary/aromatic N) is 5. The Morgan fingerprint density at radius 3 is 2.49 bits per heavy atom. The fourth-order valence-corrected chi connectivity index (χ4v) is 6.63. The molecule has 9 nitrogen and oxygen atoms in total. The highest BCUT2D eigenvalue weighted by atomic mass is 79.9. The van der Waals surface area contributed by atoms with Crippen molar-refractivity contribution in [3.8, 4) is 6.07 Å². The second-order valence-corrected chi connectivity index (χ2v) is 12.3. The molecule has 2 atom stereocenters. The van der Waals surface area contributed by atoms with Crippen molar-refractivity contribution >= 4 is 42.5 Å². The van der Waals surface area contributed by atoms with Crippen molar-refractivity contribution in [1.29, 1.82) is 5.26 Å². The van der Waals surface area contributed by atoms with Crippen LogP contribution in [-0.2, 0) is 23.6 Å². The topological polar surface area (TPSA) is 107 Å². The molecule has 3 heterocycles. The molecule has 5 rings (SSSR count). The summed E-state index contributed by atoms with van der Waals surface area (Å²) in [6.07, 6.45) is 1.62. The highest BCUT2D eigenvalue weighted by Gasteiger charge is 2.33. The molecular weight excluding hydrogens is 556 g/mol. The quantitative estimate of drug-likeness (QED) is 0.385. The van der Waals surface area contributed by atoms with Gasteiger partial charge in [0.15, 0.2) is 0 Å². The molecule has 192 valence electrons. The summed E-state index contributed by atoms with van der Waals surface area (Å²) in [6, 6.07) is 16.3. The molecule has 0 unspecified atom stereocenters. The molecular formula is C26H27BrN6O3S. The van der Waals surface area contributed by atoms with Gasteiger partial charge in [-0.25, -0.2) is 0 Å². The highest BCUT2D eigenvalue weighted by Crippen LogP contribution is 2.34. The van der Waals surface area contributed by atoms with E-state index in [2.05, 4.69) is 50.7 Å². The molecule has 0 bridgehead atoms. The van der Waals surface area contributed by atoms with Crippen LogP contribution in [0.15, 0.2) is 68.9 Å². The van der Waals surface area contributed by atoms with Gasteiger partial charge >= 0.3 is 0 Å². The maximum Gasteiger partial charge on any atom is 0.281 e. The van der Waals surface area contributed by atoms with Crippen LogP contribution in [0.3, 0.4) is 0 Å². The second kappa shape index (κ2) is 9.52. The van der Waals surface area contributed by atoms with Gasteiger partial charge in [-0.05, 0) is 44.2 Å². The second-order valence-electron chi connectivity index (χ2n) is 9.52. The maximum atomic E-state index is 13.0. The number of aryl methyl sites for hydroxylation is 1. The Kier molecular flexibility index (Phi) is 6.52. The van der Waals surface area contributed by atoms with E-state index in [4.69, 9.17) is 0 Å². The maximum absolute atomic E-state index is 13.0. The van der Waals surface area contributed by atoms with Crippen LogP contribution < -0.4 is 10.5 Å². The number of rotatable bonds is 5. The number of halogens is 1. The lowest BCUT2D eigenvalue weighted by atomic mass is 10.0. The summed E-state index contributed by atoms with van der Waals surface area (Å²) < 4.78 is 29.1. The summed E-state index contributed by atoms with van der Waals surface area (Å²) in [5.41, 5.74) is 2.09. The van der Waals surface area contributed by atoms with Gasteiger partial charge in [0.05, 0.1) is 28.0 Å². The van der Waals surface area contributed by atoms with E-state index in [1.54, 1.807) is 43.6 Å². The van der Waals surface area contributed by atoms with Crippen molar-refractivity contribution < 1.29 is 8.42 Å². The smallest absolute Gasteiger partial charge is 0.281 e. The van der Waals surface area contributed by atoms with Crippen LogP contribution in [0.2, 0.25) is 0 Å². The van der Waals surface area contributed by atoms with Gasteiger partial charge in [-0.15, -0.1) is 0 Å². The first kappa shape index (κ1) is 25.3. The third kappa shape index (κ3) is 4.39. The number of aromatic amines is 1. The molecule has 4 aromatic rings. The molecule has 0 spiro atoms. The van der Waals surface area contributed by atoms with Crippen molar-refractivity contribution in [3.05, 3.63) is 80.8 Å². The number of hydrogen-bond acceptors (Lipinski definition) is 6. The zero-order chi connectivity index (χ0) is 26.5. The highest BCUT2D eigenvalue weighted by molar-refractivity contribution is 9.10. The molecule has 37 heavy (non-hydrogen) atoms. The molecule has 2 aromatic carbocycles. The normalized spacial score (nSPS) is 18.8. The average molecular weight is 584 g/mol. The summed E-state index contributed by atoms with van der Waals surface area (Å²) >= 11 is 3.53. The fourth-order valence-electron chi connectivity index (χ4n) is 5.04. The van der Waals surface area contributed by atoms with Gasteiger partial charge in [0.25, 0.3) is 15.6 Å². The van der Waals surface area contributed by atoms with Crippen molar-refractivity contribution in [3.63, 3.8) is 0 Å². The summed E-state index contributed by atoms with van der Waals surface area (Å²) in [7, 11) is -1.94. The molecule has 0 radical (unpaired) electrons. The zero-order valence-electron chi connectivity index (χ0n) is 20.7. The molecule has 0 amide bonds. The van der Waals surface area contributed by atoms with Crippen molar-refractivity contribution in [2.24, 2.45) is 7.05 Å². The molecule has 1 aliphatic rings. The molecule has 11 heteroatoms. The Hall–Kier alpha value is -3.33. The Balaban J connectivity index is 1.40. The molecule has 2 aromatic heterocycles. The number of benzene rings is 2. The van der Waals surface area contributed by atoms with Crippen LogP contribution in [0, 0.1) is 11.3 Å². The Morgan fingerprint density at radius 2 is 1.81 bits per heavy atom. The van der Waals surface area contributed by atoms with Gasteiger partial charge in [-0.2, -0.15) is 17.8 Å². The predicted octanol–water partition coefficient (Wildman–Crippen LogP) is 3.64. The van der Waals surface area contributed by atoms with Crippen molar-refractivity contribution in [2.75, 3.05) is 18.0 Å². The summed E-state index contributed by atoms with van der Waals surface area (Å²) in [6.45, 7) is 6.04. The molecule has 1 saturated heterocycles. The van der Waals surface area contributed by atoms with Gasteiger partial charge in [-0.1, -0.05) is 34.1 Å².